The highest BCUT2D eigenvalue weighted by molar-refractivity contribution is 5.76. The summed E-state index contributed by atoms with van der Waals surface area (Å²) in [5.74, 6) is 0.906. The van der Waals surface area contributed by atoms with Crippen LogP contribution in [-0.2, 0) is 18.4 Å². The summed E-state index contributed by atoms with van der Waals surface area (Å²) >= 11 is 0. The van der Waals surface area contributed by atoms with Crippen molar-refractivity contribution in [1.82, 2.24) is 14.0 Å². The number of rotatable bonds is 2. The van der Waals surface area contributed by atoms with E-state index in [-0.39, 0.29) is 18.0 Å². The third-order valence-corrected chi connectivity index (χ3v) is 3.79. The van der Waals surface area contributed by atoms with Crippen LogP contribution in [0.25, 0.3) is 0 Å². The molecule has 2 rings (SSSR count). The van der Waals surface area contributed by atoms with Gasteiger partial charge in [-0.2, -0.15) is 0 Å². The lowest BCUT2D eigenvalue weighted by atomic mass is 9.92. The number of aromatic nitrogens is 2. The van der Waals surface area contributed by atoms with E-state index < -0.39 is 5.69 Å². The zero-order chi connectivity index (χ0) is 14.9. The topological polar surface area (TPSA) is 64.3 Å². The molecule has 1 aliphatic heterocycles. The van der Waals surface area contributed by atoms with Crippen LogP contribution in [0.3, 0.4) is 0 Å². The van der Waals surface area contributed by atoms with Crippen molar-refractivity contribution in [1.29, 1.82) is 0 Å². The Kier molecular flexibility index (Phi) is 4.11. The molecule has 1 saturated heterocycles. The third-order valence-electron chi connectivity index (χ3n) is 3.79. The minimum atomic E-state index is -0.455. The fraction of sp³-hybridized carbons (Fsp3) is 0.643. The van der Waals surface area contributed by atoms with Crippen molar-refractivity contribution < 1.29 is 4.79 Å². The van der Waals surface area contributed by atoms with Gasteiger partial charge in [-0.3, -0.25) is 18.7 Å². The van der Waals surface area contributed by atoms with Crippen molar-refractivity contribution in [2.24, 2.45) is 18.9 Å². The molecular formula is C14H21N3O3. The second-order valence-corrected chi connectivity index (χ2v) is 5.87. The molecule has 0 spiro atoms. The molecule has 2 atom stereocenters. The van der Waals surface area contributed by atoms with Gasteiger partial charge in [0.15, 0.2) is 0 Å². The van der Waals surface area contributed by atoms with Crippen LogP contribution in [0.5, 0.6) is 0 Å². The molecule has 0 aromatic carbocycles. The molecular weight excluding hydrogens is 258 g/mol. The maximum absolute atomic E-state index is 12.3. The summed E-state index contributed by atoms with van der Waals surface area (Å²) in [4.78, 5) is 37.3. The standard InChI is InChI=1S/C14H21N3O3/c1-10-6-11(2)8-17(7-10)13(19)9-16-5-4-12(18)15(3)14(16)20/h4-5,10-11H,6-9H2,1-3H3. The Labute approximate surface area is 117 Å². The van der Waals surface area contributed by atoms with Gasteiger partial charge in [-0.05, 0) is 18.3 Å². The second kappa shape index (κ2) is 5.64. The summed E-state index contributed by atoms with van der Waals surface area (Å²) in [5, 5.41) is 0. The average molecular weight is 279 g/mol. The highest BCUT2D eigenvalue weighted by Gasteiger charge is 2.25. The van der Waals surface area contributed by atoms with E-state index >= 15 is 0 Å². The van der Waals surface area contributed by atoms with E-state index in [1.807, 2.05) is 4.90 Å². The number of hydrogen-bond acceptors (Lipinski definition) is 3. The Morgan fingerprint density at radius 1 is 1.25 bits per heavy atom. The van der Waals surface area contributed by atoms with Gasteiger partial charge in [0.1, 0.15) is 6.54 Å². The first-order valence-electron chi connectivity index (χ1n) is 6.92. The van der Waals surface area contributed by atoms with Crippen LogP contribution >= 0.6 is 0 Å². The number of carbonyl (C=O) groups is 1. The molecule has 2 unspecified atom stereocenters. The molecule has 0 N–H and O–H groups in total. The summed E-state index contributed by atoms with van der Waals surface area (Å²) in [5.41, 5.74) is -0.817. The summed E-state index contributed by atoms with van der Waals surface area (Å²) in [7, 11) is 1.41. The van der Waals surface area contributed by atoms with Gasteiger partial charge in [0.25, 0.3) is 5.56 Å². The van der Waals surface area contributed by atoms with Crippen molar-refractivity contribution in [2.45, 2.75) is 26.8 Å². The number of carbonyl (C=O) groups excluding carboxylic acids is 1. The van der Waals surface area contributed by atoms with Crippen LogP contribution in [0, 0.1) is 11.8 Å². The number of likely N-dealkylation sites (tertiary alicyclic amines) is 1. The average Bonchev–Trinajstić information content (AvgIpc) is 2.38. The predicted octanol–water partition coefficient (Wildman–Crippen LogP) is 0.0515. The Hall–Kier alpha value is -1.85. The van der Waals surface area contributed by atoms with Crippen molar-refractivity contribution in [3.63, 3.8) is 0 Å². The van der Waals surface area contributed by atoms with Crippen LogP contribution in [0.2, 0.25) is 0 Å². The molecule has 2 heterocycles. The van der Waals surface area contributed by atoms with Crippen molar-refractivity contribution in [2.75, 3.05) is 13.1 Å². The van der Waals surface area contributed by atoms with Crippen LogP contribution < -0.4 is 11.2 Å². The van der Waals surface area contributed by atoms with E-state index in [1.165, 1.54) is 23.9 Å². The lowest BCUT2D eigenvalue weighted by Gasteiger charge is -2.35. The number of hydrogen-bond donors (Lipinski definition) is 0. The second-order valence-electron chi connectivity index (χ2n) is 5.87. The van der Waals surface area contributed by atoms with Crippen molar-refractivity contribution in [3.05, 3.63) is 33.1 Å². The van der Waals surface area contributed by atoms with E-state index in [0.29, 0.717) is 11.8 Å². The molecule has 0 saturated carbocycles. The minimum absolute atomic E-state index is 0.00755. The first kappa shape index (κ1) is 14.6. The summed E-state index contributed by atoms with van der Waals surface area (Å²) in [6, 6.07) is 1.30. The van der Waals surface area contributed by atoms with Gasteiger partial charge < -0.3 is 4.90 Å². The number of amides is 1. The van der Waals surface area contributed by atoms with Gasteiger partial charge in [0.2, 0.25) is 5.91 Å². The molecule has 1 aliphatic rings. The van der Waals surface area contributed by atoms with Crippen LogP contribution in [0.1, 0.15) is 20.3 Å². The van der Waals surface area contributed by atoms with Crippen LogP contribution in [0.4, 0.5) is 0 Å². The largest absolute Gasteiger partial charge is 0.341 e. The molecule has 0 aliphatic carbocycles. The Bertz CT molecular complexity index is 607. The fourth-order valence-corrected chi connectivity index (χ4v) is 2.85. The van der Waals surface area contributed by atoms with E-state index in [0.717, 1.165) is 24.1 Å². The molecule has 1 aromatic rings. The Balaban J connectivity index is 2.14. The summed E-state index contributed by atoms with van der Waals surface area (Å²) in [6.07, 6.45) is 2.52. The minimum Gasteiger partial charge on any atom is -0.341 e. The highest BCUT2D eigenvalue weighted by Crippen LogP contribution is 2.20. The monoisotopic (exact) mass is 279 g/mol. The van der Waals surface area contributed by atoms with Crippen molar-refractivity contribution >= 4 is 5.91 Å². The molecule has 6 heteroatoms. The highest BCUT2D eigenvalue weighted by atomic mass is 16.2. The number of piperidine rings is 1. The van der Waals surface area contributed by atoms with Gasteiger partial charge in [0.05, 0.1) is 0 Å². The van der Waals surface area contributed by atoms with Gasteiger partial charge in [-0.1, -0.05) is 13.8 Å². The predicted molar refractivity (Wildman–Crippen MR) is 75.5 cm³/mol. The molecule has 1 fully saturated rings. The lowest BCUT2D eigenvalue weighted by Crippen LogP contribution is -2.46. The van der Waals surface area contributed by atoms with Gasteiger partial charge in [-0.15, -0.1) is 0 Å². The van der Waals surface area contributed by atoms with Gasteiger partial charge in [-0.25, -0.2) is 4.79 Å². The normalized spacial score (nSPS) is 22.9. The van der Waals surface area contributed by atoms with Crippen LogP contribution in [0.15, 0.2) is 21.9 Å². The molecule has 110 valence electrons. The molecule has 1 aromatic heterocycles. The molecule has 20 heavy (non-hydrogen) atoms. The van der Waals surface area contributed by atoms with Gasteiger partial charge in [0, 0.05) is 32.4 Å². The van der Waals surface area contributed by atoms with Gasteiger partial charge >= 0.3 is 5.69 Å². The van der Waals surface area contributed by atoms with E-state index in [1.54, 1.807) is 0 Å². The first-order chi connectivity index (χ1) is 9.38. The molecule has 6 nitrogen and oxygen atoms in total. The first-order valence-corrected chi connectivity index (χ1v) is 6.92. The zero-order valence-electron chi connectivity index (χ0n) is 12.2. The number of nitrogens with zero attached hydrogens (tertiary/aromatic N) is 3. The van der Waals surface area contributed by atoms with Crippen molar-refractivity contribution in [3.8, 4) is 0 Å². The molecule has 1 amide bonds. The van der Waals surface area contributed by atoms with E-state index in [2.05, 4.69) is 13.8 Å². The Morgan fingerprint density at radius 3 is 2.45 bits per heavy atom. The summed E-state index contributed by atoms with van der Waals surface area (Å²) < 4.78 is 2.29. The quantitative estimate of drug-likeness (QED) is 0.768. The fourth-order valence-electron chi connectivity index (χ4n) is 2.85. The third kappa shape index (κ3) is 3.00. The maximum Gasteiger partial charge on any atom is 0.331 e. The van der Waals surface area contributed by atoms with E-state index in [9.17, 15) is 14.4 Å². The SMILES string of the molecule is CC1CC(C)CN(C(=O)Cn2ccc(=O)n(C)c2=O)C1. The maximum atomic E-state index is 12.3. The Morgan fingerprint density at radius 2 is 1.85 bits per heavy atom. The zero-order valence-corrected chi connectivity index (χ0v) is 12.2. The smallest absolute Gasteiger partial charge is 0.331 e. The molecule has 0 bridgehead atoms. The van der Waals surface area contributed by atoms with Crippen LogP contribution in [-0.4, -0.2) is 33.0 Å². The summed E-state index contributed by atoms with van der Waals surface area (Å²) in [6.45, 7) is 5.74. The molecule has 0 radical (unpaired) electrons. The lowest BCUT2D eigenvalue weighted by molar-refractivity contribution is -0.134. The van der Waals surface area contributed by atoms with E-state index in [4.69, 9.17) is 0 Å².